The Bertz CT molecular complexity index is 396. The number of hydrogen-bond donors (Lipinski definition) is 0. The molecular weight excluding hydrogens is 283 g/mol. The van der Waals surface area contributed by atoms with Gasteiger partial charge in [-0.25, -0.2) is 4.98 Å². The van der Waals surface area contributed by atoms with Crippen molar-refractivity contribution < 1.29 is 4.92 Å². The first-order chi connectivity index (χ1) is 7.15. The first kappa shape index (κ1) is 12.1. The summed E-state index contributed by atoms with van der Waals surface area (Å²) in [6, 6.07) is 1.29. The van der Waals surface area contributed by atoms with Crippen LogP contribution in [0.5, 0.6) is 0 Å². The number of nitro groups is 1. The van der Waals surface area contributed by atoms with E-state index in [0.717, 1.165) is 11.8 Å². The molecule has 1 rings (SSSR count). The minimum Gasteiger partial charge on any atom is -0.258 e. The smallest absolute Gasteiger partial charge is 0.258 e. The molecule has 4 nitrogen and oxygen atoms in total. The molecule has 0 fully saturated rings. The lowest BCUT2D eigenvalue weighted by Gasteiger charge is -1.96. The molecule has 0 atom stereocenters. The van der Waals surface area contributed by atoms with Crippen molar-refractivity contribution in [1.82, 2.24) is 4.98 Å². The summed E-state index contributed by atoms with van der Waals surface area (Å²) in [5.74, 6) is 0. The molecule has 6 heteroatoms. The molecule has 0 saturated carbocycles. The van der Waals surface area contributed by atoms with Gasteiger partial charge in [0.1, 0.15) is 5.69 Å². The summed E-state index contributed by atoms with van der Waals surface area (Å²) in [7, 11) is 0. The Balaban J connectivity index is 3.01. The zero-order valence-corrected chi connectivity index (χ0v) is 10.0. The van der Waals surface area contributed by atoms with Crippen LogP contribution in [0.3, 0.4) is 0 Å². The quantitative estimate of drug-likeness (QED) is 0.485. The Hall–Kier alpha value is -0.940. The fraction of sp³-hybridized carbons (Fsp3) is 0.222. The Labute approximate surface area is 100 Å². The van der Waals surface area contributed by atoms with Gasteiger partial charge in [0.25, 0.3) is 5.69 Å². The summed E-state index contributed by atoms with van der Waals surface area (Å²) in [5, 5.41) is 11.7. The monoisotopic (exact) mass is 290 g/mol. The lowest BCUT2D eigenvalue weighted by atomic mass is 10.2. The van der Waals surface area contributed by atoms with E-state index < -0.39 is 4.92 Å². The molecule has 0 amide bonds. The summed E-state index contributed by atoms with van der Waals surface area (Å²) < 4.78 is 0. The number of alkyl halides is 1. The normalized spacial score (nSPS) is 10.8. The van der Waals surface area contributed by atoms with Crippen LogP contribution in [-0.4, -0.2) is 15.2 Å². The average Bonchev–Trinajstić information content (AvgIpc) is 2.20. The maximum absolute atomic E-state index is 10.7. The van der Waals surface area contributed by atoms with Crippen LogP contribution in [0.15, 0.2) is 18.3 Å². The third-order valence-electron chi connectivity index (χ3n) is 1.61. The largest absolute Gasteiger partial charge is 0.296 e. The topological polar surface area (TPSA) is 56.0 Å². The van der Waals surface area contributed by atoms with Crippen LogP contribution in [0.25, 0.3) is 6.08 Å². The van der Waals surface area contributed by atoms with Gasteiger partial charge in [0.15, 0.2) is 0 Å². The van der Waals surface area contributed by atoms with Gasteiger partial charge in [-0.1, -0.05) is 33.6 Å². The Kier molecular flexibility index (Phi) is 4.71. The van der Waals surface area contributed by atoms with E-state index in [4.69, 9.17) is 11.6 Å². The van der Waals surface area contributed by atoms with E-state index in [-0.39, 0.29) is 10.7 Å². The van der Waals surface area contributed by atoms with Gasteiger partial charge < -0.3 is 0 Å². The van der Waals surface area contributed by atoms with Crippen LogP contribution >= 0.6 is 27.5 Å². The first-order valence-corrected chi connectivity index (χ1v) is 5.67. The first-order valence-electron chi connectivity index (χ1n) is 4.17. The van der Waals surface area contributed by atoms with Crippen molar-refractivity contribution in [2.75, 3.05) is 5.33 Å². The van der Waals surface area contributed by atoms with Gasteiger partial charge in [-0.15, -0.1) is 0 Å². The van der Waals surface area contributed by atoms with E-state index in [1.807, 2.05) is 6.08 Å². The summed E-state index contributed by atoms with van der Waals surface area (Å²) in [5.41, 5.74) is 0.249. The number of rotatable bonds is 4. The molecule has 0 aliphatic carbocycles. The predicted octanol–water partition coefficient (Wildman–Crippen LogP) is 3.44. The van der Waals surface area contributed by atoms with Gasteiger partial charge in [0.05, 0.1) is 9.95 Å². The molecule has 1 aromatic heterocycles. The van der Waals surface area contributed by atoms with E-state index in [1.54, 1.807) is 6.08 Å². The van der Waals surface area contributed by atoms with Crippen LogP contribution in [0.2, 0.25) is 5.02 Å². The van der Waals surface area contributed by atoms with E-state index in [9.17, 15) is 10.1 Å². The summed E-state index contributed by atoms with van der Waals surface area (Å²) in [6.07, 6.45) is 5.62. The SMILES string of the molecule is O=[N+]([O-])c1cc(Cl)cnc1C=CCCBr. The Morgan fingerprint density at radius 1 is 1.67 bits per heavy atom. The molecule has 0 radical (unpaired) electrons. The maximum atomic E-state index is 10.7. The summed E-state index contributed by atoms with van der Waals surface area (Å²) in [4.78, 5) is 14.1. The minimum atomic E-state index is -0.493. The second-order valence-corrected chi connectivity index (χ2v) is 3.92. The number of pyridine rings is 1. The number of aromatic nitrogens is 1. The predicted molar refractivity (Wildman–Crippen MR) is 63.3 cm³/mol. The standard InChI is InChI=1S/C9H8BrClN2O2/c10-4-2-1-3-8-9(13(14)15)5-7(11)6-12-8/h1,3,5-6H,2,4H2. The second-order valence-electron chi connectivity index (χ2n) is 2.70. The Morgan fingerprint density at radius 3 is 3.00 bits per heavy atom. The summed E-state index contributed by atoms with van der Waals surface area (Å²) in [6.45, 7) is 0. The molecule has 80 valence electrons. The minimum absolute atomic E-state index is 0.0756. The third-order valence-corrected chi connectivity index (χ3v) is 2.28. The zero-order chi connectivity index (χ0) is 11.3. The molecule has 15 heavy (non-hydrogen) atoms. The van der Waals surface area contributed by atoms with Crippen LogP contribution < -0.4 is 0 Å². The van der Waals surface area contributed by atoms with Gasteiger partial charge in [-0.3, -0.25) is 10.1 Å². The van der Waals surface area contributed by atoms with Gasteiger partial charge in [-0.05, 0) is 12.5 Å². The number of hydrogen-bond acceptors (Lipinski definition) is 3. The molecular formula is C9H8BrClN2O2. The van der Waals surface area contributed by atoms with Crippen molar-refractivity contribution in [1.29, 1.82) is 0 Å². The van der Waals surface area contributed by atoms with Crippen LogP contribution in [0, 0.1) is 10.1 Å². The van der Waals surface area contributed by atoms with Crippen molar-refractivity contribution in [3.8, 4) is 0 Å². The number of nitrogens with zero attached hydrogens (tertiary/aromatic N) is 2. The maximum Gasteiger partial charge on any atom is 0.296 e. The van der Waals surface area contributed by atoms with Gasteiger partial charge in [-0.2, -0.15) is 0 Å². The highest BCUT2D eigenvalue weighted by atomic mass is 79.9. The summed E-state index contributed by atoms with van der Waals surface area (Å²) >= 11 is 8.88. The third kappa shape index (κ3) is 3.60. The van der Waals surface area contributed by atoms with Crippen LogP contribution in [0.4, 0.5) is 5.69 Å². The Morgan fingerprint density at radius 2 is 2.40 bits per heavy atom. The lowest BCUT2D eigenvalue weighted by Crippen LogP contribution is -1.93. The highest BCUT2D eigenvalue weighted by Crippen LogP contribution is 2.21. The highest BCUT2D eigenvalue weighted by molar-refractivity contribution is 9.09. The number of halogens is 2. The van der Waals surface area contributed by atoms with Crippen molar-refractivity contribution >= 4 is 39.3 Å². The van der Waals surface area contributed by atoms with Crippen LogP contribution in [-0.2, 0) is 0 Å². The van der Waals surface area contributed by atoms with Gasteiger partial charge >= 0.3 is 0 Å². The van der Waals surface area contributed by atoms with Gasteiger partial charge in [0.2, 0.25) is 0 Å². The lowest BCUT2D eigenvalue weighted by molar-refractivity contribution is -0.385. The molecule has 0 saturated heterocycles. The van der Waals surface area contributed by atoms with Crippen molar-refractivity contribution in [2.24, 2.45) is 0 Å². The number of allylic oxidation sites excluding steroid dienone is 1. The molecule has 0 aromatic carbocycles. The molecule has 1 heterocycles. The van der Waals surface area contributed by atoms with Crippen molar-refractivity contribution in [3.05, 3.63) is 39.2 Å². The van der Waals surface area contributed by atoms with Crippen molar-refractivity contribution in [2.45, 2.75) is 6.42 Å². The van der Waals surface area contributed by atoms with E-state index >= 15 is 0 Å². The molecule has 0 aliphatic rings. The van der Waals surface area contributed by atoms with E-state index in [1.165, 1.54) is 12.3 Å². The molecule has 1 aromatic rings. The average molecular weight is 292 g/mol. The van der Waals surface area contributed by atoms with Crippen molar-refractivity contribution in [3.63, 3.8) is 0 Å². The molecule has 0 spiro atoms. The fourth-order valence-corrected chi connectivity index (χ4v) is 1.39. The zero-order valence-electron chi connectivity index (χ0n) is 7.69. The van der Waals surface area contributed by atoms with Crippen LogP contribution in [0.1, 0.15) is 12.1 Å². The molecule has 0 unspecified atom stereocenters. The fourth-order valence-electron chi connectivity index (χ4n) is 0.972. The molecule has 0 N–H and O–H groups in total. The van der Waals surface area contributed by atoms with E-state index in [0.29, 0.717) is 5.69 Å². The molecule has 0 bridgehead atoms. The van der Waals surface area contributed by atoms with E-state index in [2.05, 4.69) is 20.9 Å². The molecule has 0 aliphatic heterocycles. The van der Waals surface area contributed by atoms with Gasteiger partial charge in [0, 0.05) is 17.6 Å². The second kappa shape index (κ2) is 5.82. The highest BCUT2D eigenvalue weighted by Gasteiger charge is 2.12.